The SMILES string of the molecule is C=CC(=O)N1CCN(c2nc(OCC3(C4CNCCO4)CC3)nc3c2CCN(c2cccc4cccc(Cl)c24)C3)C[C@@H]1CC#N. The van der Waals surface area contributed by atoms with E-state index >= 15 is 0 Å². The number of piperazine rings is 1. The van der Waals surface area contributed by atoms with E-state index < -0.39 is 0 Å². The summed E-state index contributed by atoms with van der Waals surface area (Å²) >= 11 is 6.72. The highest BCUT2D eigenvalue weighted by atomic mass is 35.5. The van der Waals surface area contributed by atoms with E-state index in [1.54, 1.807) is 4.90 Å². The summed E-state index contributed by atoms with van der Waals surface area (Å²) < 4.78 is 12.5. The second-order valence-electron chi connectivity index (χ2n) is 12.5. The monoisotopic (exact) mass is 627 g/mol. The fourth-order valence-electron chi connectivity index (χ4n) is 7.08. The molecule has 11 heteroatoms. The van der Waals surface area contributed by atoms with E-state index in [1.165, 1.54) is 6.08 Å². The summed E-state index contributed by atoms with van der Waals surface area (Å²) in [7, 11) is 0. The zero-order valence-electron chi connectivity index (χ0n) is 25.4. The van der Waals surface area contributed by atoms with Crippen molar-refractivity contribution in [2.75, 3.05) is 62.3 Å². The van der Waals surface area contributed by atoms with Crippen LogP contribution in [-0.2, 0) is 22.5 Å². The molecule has 0 spiro atoms. The number of nitriles is 1. The topological polar surface area (TPSA) is 107 Å². The molecule has 3 aliphatic heterocycles. The Morgan fingerprint density at radius 1 is 1.20 bits per heavy atom. The molecule has 3 fully saturated rings. The van der Waals surface area contributed by atoms with Gasteiger partial charge < -0.3 is 29.5 Å². The number of halogens is 1. The minimum absolute atomic E-state index is 0.0207. The molecule has 0 bridgehead atoms. The van der Waals surface area contributed by atoms with Gasteiger partial charge in [-0.1, -0.05) is 42.4 Å². The Morgan fingerprint density at radius 3 is 2.80 bits per heavy atom. The summed E-state index contributed by atoms with van der Waals surface area (Å²) in [6.45, 7) is 9.53. The van der Waals surface area contributed by atoms with Crippen LogP contribution in [0.15, 0.2) is 49.1 Å². The molecule has 234 valence electrons. The highest BCUT2D eigenvalue weighted by Crippen LogP contribution is 2.50. The summed E-state index contributed by atoms with van der Waals surface area (Å²) in [5.41, 5.74) is 3.07. The van der Waals surface area contributed by atoms with Gasteiger partial charge in [0.1, 0.15) is 5.82 Å². The van der Waals surface area contributed by atoms with Crippen LogP contribution in [0.4, 0.5) is 11.5 Å². The third-order valence-electron chi connectivity index (χ3n) is 9.75. The molecule has 0 radical (unpaired) electrons. The molecule has 4 heterocycles. The average Bonchev–Trinajstić information content (AvgIpc) is 3.88. The summed E-state index contributed by atoms with van der Waals surface area (Å²) in [5, 5.41) is 15.9. The lowest BCUT2D eigenvalue weighted by molar-refractivity contribution is -0.128. The molecule has 2 atom stereocenters. The number of fused-ring (bicyclic) bond motifs is 2. The predicted molar refractivity (Wildman–Crippen MR) is 174 cm³/mol. The van der Waals surface area contributed by atoms with Crippen molar-refractivity contribution in [3.05, 3.63) is 65.3 Å². The van der Waals surface area contributed by atoms with E-state index in [0.717, 1.165) is 77.5 Å². The lowest BCUT2D eigenvalue weighted by atomic mass is 9.99. The number of nitrogens with zero attached hydrogens (tertiary/aromatic N) is 6. The van der Waals surface area contributed by atoms with E-state index in [1.807, 2.05) is 12.1 Å². The summed E-state index contributed by atoms with van der Waals surface area (Å²) in [5.74, 6) is 0.682. The number of morpholine rings is 1. The van der Waals surface area contributed by atoms with Gasteiger partial charge in [-0.15, -0.1) is 0 Å². The molecule has 1 aromatic heterocycles. The van der Waals surface area contributed by atoms with Gasteiger partial charge in [0.25, 0.3) is 0 Å². The molecule has 2 aromatic carbocycles. The zero-order chi connectivity index (χ0) is 31.0. The summed E-state index contributed by atoms with van der Waals surface area (Å²) in [6, 6.07) is 14.6. The van der Waals surface area contributed by atoms with Crippen LogP contribution >= 0.6 is 11.6 Å². The minimum Gasteiger partial charge on any atom is -0.463 e. The van der Waals surface area contributed by atoms with E-state index in [0.29, 0.717) is 45.4 Å². The Labute approximate surface area is 268 Å². The first kappa shape index (κ1) is 29.8. The molecule has 4 aliphatic rings. The fraction of sp³-hybridized carbons (Fsp3) is 0.471. The van der Waals surface area contributed by atoms with Crippen LogP contribution in [-0.4, -0.2) is 85.4 Å². The zero-order valence-corrected chi connectivity index (χ0v) is 26.1. The van der Waals surface area contributed by atoms with Gasteiger partial charge in [-0.2, -0.15) is 15.2 Å². The first-order valence-corrected chi connectivity index (χ1v) is 16.2. The number of hydrogen-bond acceptors (Lipinski definition) is 9. The van der Waals surface area contributed by atoms with Gasteiger partial charge in [-0.25, -0.2) is 0 Å². The number of aromatic nitrogens is 2. The van der Waals surface area contributed by atoms with Crippen molar-refractivity contribution < 1.29 is 14.3 Å². The Balaban J connectivity index is 1.21. The van der Waals surface area contributed by atoms with Gasteiger partial charge in [-0.3, -0.25) is 4.79 Å². The Hall–Kier alpha value is -3.91. The van der Waals surface area contributed by atoms with E-state index in [4.69, 9.17) is 31.0 Å². The number of benzene rings is 2. The van der Waals surface area contributed by atoms with Crippen molar-refractivity contribution in [3.63, 3.8) is 0 Å². The van der Waals surface area contributed by atoms with Crippen molar-refractivity contribution in [2.45, 2.75) is 44.4 Å². The quantitative estimate of drug-likeness (QED) is 0.369. The number of nitrogens with one attached hydrogen (secondary N) is 1. The van der Waals surface area contributed by atoms with Crippen LogP contribution in [0, 0.1) is 16.7 Å². The molecular formula is C34H38ClN7O3. The second kappa shape index (κ2) is 12.5. The number of rotatable bonds is 8. The number of hydrogen-bond donors (Lipinski definition) is 1. The van der Waals surface area contributed by atoms with Crippen molar-refractivity contribution in [1.82, 2.24) is 20.2 Å². The standard InChI is InChI=1S/C34H38ClN7O3/c1-2-30(43)42-17-16-41(20-24(42)9-13-36)32-25-10-15-40(28-8-4-6-23-5-3-7-26(35)31(23)28)21-27(25)38-33(39-32)45-22-34(11-12-34)29-19-37-14-18-44-29/h2-8,24,29,37H,1,9-12,14-22H2/t24-,29?/m0/s1. The van der Waals surface area contributed by atoms with Gasteiger partial charge in [0, 0.05) is 61.3 Å². The van der Waals surface area contributed by atoms with Gasteiger partial charge >= 0.3 is 6.01 Å². The number of ether oxygens (including phenoxy) is 2. The van der Waals surface area contributed by atoms with E-state index in [-0.39, 0.29) is 29.9 Å². The van der Waals surface area contributed by atoms with Crippen LogP contribution < -0.4 is 19.9 Å². The van der Waals surface area contributed by atoms with Crippen LogP contribution in [0.2, 0.25) is 5.02 Å². The third-order valence-corrected chi connectivity index (χ3v) is 10.1. The molecule has 10 nitrogen and oxygen atoms in total. The van der Waals surface area contributed by atoms with Crippen molar-refractivity contribution in [2.24, 2.45) is 5.41 Å². The van der Waals surface area contributed by atoms with Crippen molar-refractivity contribution in [1.29, 1.82) is 5.26 Å². The van der Waals surface area contributed by atoms with Gasteiger partial charge in [0.05, 0.1) is 55.1 Å². The largest absolute Gasteiger partial charge is 0.463 e. The molecule has 1 aliphatic carbocycles. The molecule has 2 saturated heterocycles. The summed E-state index contributed by atoms with van der Waals surface area (Å²) in [4.78, 5) is 28.9. The normalized spacial score (nSPS) is 22.4. The van der Waals surface area contributed by atoms with Gasteiger partial charge in [0.2, 0.25) is 5.91 Å². The Bertz CT molecular complexity index is 1640. The molecule has 1 saturated carbocycles. The van der Waals surface area contributed by atoms with Crippen molar-refractivity contribution >= 4 is 39.8 Å². The van der Waals surface area contributed by atoms with Crippen LogP contribution in [0.5, 0.6) is 6.01 Å². The molecule has 1 amide bonds. The molecular weight excluding hydrogens is 590 g/mol. The summed E-state index contributed by atoms with van der Waals surface area (Å²) in [6.07, 6.45) is 4.54. The van der Waals surface area contributed by atoms with E-state index in [9.17, 15) is 10.1 Å². The maximum atomic E-state index is 12.6. The maximum Gasteiger partial charge on any atom is 0.318 e. The molecule has 7 rings (SSSR count). The second-order valence-corrected chi connectivity index (χ2v) is 12.9. The first-order chi connectivity index (χ1) is 22.0. The molecule has 45 heavy (non-hydrogen) atoms. The molecule has 1 N–H and O–H groups in total. The first-order valence-electron chi connectivity index (χ1n) is 15.8. The molecule has 1 unspecified atom stereocenters. The fourth-order valence-corrected chi connectivity index (χ4v) is 7.36. The van der Waals surface area contributed by atoms with Crippen LogP contribution in [0.3, 0.4) is 0 Å². The number of carbonyl (C=O) groups is 1. The molecule has 3 aromatic rings. The minimum atomic E-state index is -0.257. The number of amides is 1. The predicted octanol–water partition coefficient (Wildman–Crippen LogP) is 4.11. The van der Waals surface area contributed by atoms with Gasteiger partial charge in [-0.05, 0) is 42.9 Å². The van der Waals surface area contributed by atoms with Crippen LogP contribution in [0.1, 0.15) is 30.5 Å². The maximum absolute atomic E-state index is 12.6. The lowest BCUT2D eigenvalue weighted by Crippen LogP contribution is -2.55. The highest BCUT2D eigenvalue weighted by Gasteiger charge is 2.51. The van der Waals surface area contributed by atoms with Crippen LogP contribution in [0.25, 0.3) is 10.8 Å². The smallest absolute Gasteiger partial charge is 0.318 e. The van der Waals surface area contributed by atoms with Gasteiger partial charge in [0.15, 0.2) is 0 Å². The number of anilines is 2. The Kier molecular flexibility index (Phi) is 8.25. The Morgan fingerprint density at radius 2 is 2.04 bits per heavy atom. The average molecular weight is 628 g/mol. The van der Waals surface area contributed by atoms with Crippen molar-refractivity contribution in [3.8, 4) is 12.1 Å². The number of carbonyl (C=O) groups excluding carboxylic acids is 1. The highest BCUT2D eigenvalue weighted by molar-refractivity contribution is 6.36. The lowest BCUT2D eigenvalue weighted by Gasteiger charge is -2.42. The third kappa shape index (κ3) is 5.81. The van der Waals surface area contributed by atoms with E-state index in [2.05, 4.69) is 52.0 Å².